The van der Waals surface area contributed by atoms with Crippen LogP contribution in [0.4, 0.5) is 13.2 Å². The Balaban J connectivity index is 1.49. The van der Waals surface area contributed by atoms with Crippen LogP contribution in [0, 0.1) is 40.4 Å². The van der Waals surface area contributed by atoms with E-state index in [1.54, 1.807) is 5.57 Å². The van der Waals surface area contributed by atoms with Crippen LogP contribution in [0.25, 0.3) is 0 Å². The molecule has 5 heteroatoms. The van der Waals surface area contributed by atoms with Gasteiger partial charge in [-0.2, -0.15) is 13.2 Å². The number of rotatable bonds is 5. The molecule has 0 bridgehead atoms. The molecule has 2 N–H and O–H groups in total. The van der Waals surface area contributed by atoms with E-state index in [-0.39, 0.29) is 23.2 Å². The van der Waals surface area contributed by atoms with Gasteiger partial charge in [-0.1, -0.05) is 39.3 Å². The Kier molecular flexibility index (Phi) is 6.85. The van der Waals surface area contributed by atoms with Crippen molar-refractivity contribution in [1.29, 1.82) is 0 Å². The van der Waals surface area contributed by atoms with Gasteiger partial charge >= 0.3 is 6.18 Å². The van der Waals surface area contributed by atoms with E-state index >= 15 is 0 Å². The normalized spacial score (nSPS) is 45.3. The molecular formula is C29H47F3O2. The zero-order valence-electron chi connectivity index (χ0n) is 22.0. The number of hydrogen-bond acceptors (Lipinski definition) is 2. The standard InChI is InChI=1S/C29H47F3O2/c1-6-28(34)16-12-20-7-8-21-23-10-9-22(19(2)11-15-27(5,33)29(30,31)32)26(23,4)14-13-24(21)25(20,3)17-18-28/h7,19,21-24,33-34H,6,8-18H2,1-5H3/t19-,21+,22-,23+,24+,25+,26-,27+,28-/m1/s1. The Bertz CT molecular complexity index is 789. The molecule has 9 atom stereocenters. The maximum atomic E-state index is 13.2. The first-order valence-electron chi connectivity index (χ1n) is 13.9. The molecule has 196 valence electrons. The Morgan fingerprint density at radius 3 is 2.41 bits per heavy atom. The smallest absolute Gasteiger partial charge is 0.390 e. The Morgan fingerprint density at radius 1 is 1.06 bits per heavy atom. The number of hydrogen-bond donors (Lipinski definition) is 2. The van der Waals surface area contributed by atoms with Crippen molar-refractivity contribution in [2.45, 2.75) is 129 Å². The van der Waals surface area contributed by atoms with Gasteiger partial charge in [-0.15, -0.1) is 0 Å². The van der Waals surface area contributed by atoms with E-state index in [9.17, 15) is 23.4 Å². The number of fused-ring (bicyclic) bond motifs is 5. The molecular weight excluding hydrogens is 437 g/mol. The Labute approximate surface area is 204 Å². The molecule has 0 saturated heterocycles. The van der Waals surface area contributed by atoms with Crippen LogP contribution >= 0.6 is 0 Å². The molecule has 0 heterocycles. The lowest BCUT2D eigenvalue weighted by atomic mass is 9.48. The van der Waals surface area contributed by atoms with Crippen LogP contribution in [0.1, 0.15) is 112 Å². The van der Waals surface area contributed by atoms with Crippen molar-refractivity contribution in [3.8, 4) is 0 Å². The van der Waals surface area contributed by atoms with Crippen molar-refractivity contribution in [3.05, 3.63) is 11.6 Å². The first-order chi connectivity index (χ1) is 15.7. The molecule has 0 unspecified atom stereocenters. The molecule has 0 aromatic carbocycles. The summed E-state index contributed by atoms with van der Waals surface area (Å²) in [5, 5.41) is 21.0. The van der Waals surface area contributed by atoms with E-state index in [4.69, 9.17) is 0 Å². The van der Waals surface area contributed by atoms with Crippen molar-refractivity contribution >= 4 is 0 Å². The molecule has 4 aliphatic rings. The van der Waals surface area contributed by atoms with E-state index in [0.29, 0.717) is 30.1 Å². The van der Waals surface area contributed by atoms with E-state index in [1.165, 1.54) is 12.8 Å². The second kappa shape index (κ2) is 8.78. The summed E-state index contributed by atoms with van der Waals surface area (Å²) in [5.74, 6) is 2.55. The summed E-state index contributed by atoms with van der Waals surface area (Å²) in [7, 11) is 0. The van der Waals surface area contributed by atoms with Crippen LogP contribution in [-0.2, 0) is 0 Å². The van der Waals surface area contributed by atoms with Gasteiger partial charge in [0.2, 0.25) is 0 Å². The first-order valence-corrected chi connectivity index (χ1v) is 13.9. The van der Waals surface area contributed by atoms with Crippen molar-refractivity contribution in [2.24, 2.45) is 40.4 Å². The van der Waals surface area contributed by atoms with E-state index < -0.39 is 17.4 Å². The fraction of sp³-hybridized carbons (Fsp3) is 0.931. The molecule has 2 nitrogen and oxygen atoms in total. The van der Waals surface area contributed by atoms with Crippen LogP contribution in [0.15, 0.2) is 11.6 Å². The highest BCUT2D eigenvalue weighted by atomic mass is 19.4. The molecule has 0 aromatic heterocycles. The zero-order chi connectivity index (χ0) is 25.2. The van der Waals surface area contributed by atoms with Crippen LogP contribution in [0.5, 0.6) is 0 Å². The summed E-state index contributed by atoms with van der Waals surface area (Å²) < 4.78 is 39.6. The molecule has 4 rings (SSSR count). The number of alkyl halides is 3. The maximum absolute atomic E-state index is 13.2. The summed E-state index contributed by atoms with van der Waals surface area (Å²) in [6.45, 7) is 10.0. The van der Waals surface area contributed by atoms with Crippen LogP contribution in [-0.4, -0.2) is 27.6 Å². The second-order valence-corrected chi connectivity index (χ2v) is 13.4. The second-order valence-electron chi connectivity index (χ2n) is 13.4. The molecule has 34 heavy (non-hydrogen) atoms. The third kappa shape index (κ3) is 4.29. The summed E-state index contributed by atoms with van der Waals surface area (Å²) >= 11 is 0. The molecule has 0 amide bonds. The van der Waals surface area contributed by atoms with Crippen molar-refractivity contribution < 1.29 is 23.4 Å². The van der Waals surface area contributed by atoms with E-state index in [1.807, 2.05) is 0 Å². The number of allylic oxidation sites excluding steroid dienone is 2. The quantitative estimate of drug-likeness (QED) is 0.390. The number of halogens is 3. The van der Waals surface area contributed by atoms with Crippen molar-refractivity contribution in [2.75, 3.05) is 0 Å². The Hall–Kier alpha value is -0.550. The lowest BCUT2D eigenvalue weighted by molar-refractivity contribution is -0.256. The van der Waals surface area contributed by atoms with Crippen LogP contribution in [0.3, 0.4) is 0 Å². The van der Waals surface area contributed by atoms with Gasteiger partial charge in [-0.05, 0) is 124 Å². The Morgan fingerprint density at radius 2 is 1.76 bits per heavy atom. The molecule has 0 spiro atoms. The average molecular weight is 485 g/mol. The summed E-state index contributed by atoms with van der Waals surface area (Å²) in [6.07, 6.45) is 8.60. The van der Waals surface area contributed by atoms with E-state index in [0.717, 1.165) is 58.3 Å². The molecule has 3 saturated carbocycles. The van der Waals surface area contributed by atoms with Gasteiger partial charge in [0.25, 0.3) is 0 Å². The monoisotopic (exact) mass is 484 g/mol. The molecule has 0 aromatic rings. The highest BCUT2D eigenvalue weighted by molar-refractivity contribution is 5.24. The minimum atomic E-state index is -4.57. The van der Waals surface area contributed by atoms with Crippen molar-refractivity contribution in [1.82, 2.24) is 0 Å². The van der Waals surface area contributed by atoms with Gasteiger partial charge < -0.3 is 10.2 Å². The van der Waals surface area contributed by atoms with Crippen LogP contribution < -0.4 is 0 Å². The summed E-state index contributed by atoms with van der Waals surface area (Å²) in [6, 6.07) is 0. The highest BCUT2D eigenvalue weighted by Gasteiger charge is 2.59. The maximum Gasteiger partial charge on any atom is 0.416 e. The predicted molar refractivity (Wildman–Crippen MR) is 130 cm³/mol. The molecule has 4 aliphatic carbocycles. The largest absolute Gasteiger partial charge is 0.416 e. The van der Waals surface area contributed by atoms with E-state index in [2.05, 4.69) is 33.8 Å². The summed E-state index contributed by atoms with van der Waals surface area (Å²) in [5.41, 5.74) is -1.18. The van der Waals surface area contributed by atoms with Gasteiger partial charge in [0.15, 0.2) is 5.60 Å². The van der Waals surface area contributed by atoms with Crippen molar-refractivity contribution in [3.63, 3.8) is 0 Å². The predicted octanol–water partition coefficient (Wildman–Crippen LogP) is 7.83. The van der Waals surface area contributed by atoms with Gasteiger partial charge in [0.05, 0.1) is 5.60 Å². The third-order valence-corrected chi connectivity index (χ3v) is 11.7. The minimum Gasteiger partial charge on any atom is -0.390 e. The summed E-state index contributed by atoms with van der Waals surface area (Å²) in [4.78, 5) is 0. The fourth-order valence-corrected chi connectivity index (χ4v) is 9.06. The lowest BCUT2D eigenvalue weighted by Crippen LogP contribution is -2.49. The highest BCUT2D eigenvalue weighted by Crippen LogP contribution is 2.67. The average Bonchev–Trinajstić information content (AvgIpc) is 3.05. The molecule has 0 radical (unpaired) electrons. The molecule has 3 fully saturated rings. The first kappa shape index (κ1) is 26.5. The zero-order valence-corrected chi connectivity index (χ0v) is 22.0. The van der Waals surface area contributed by atoms with Gasteiger partial charge in [0.1, 0.15) is 0 Å². The number of aliphatic hydroxyl groups is 2. The SMILES string of the molecule is CC[C@@]1(O)CCC2=CC[C@H]3[C@@H]4CC[C@H]([C@H](C)CC[C@](C)(O)C(F)(F)F)[C@@]4(C)CC[C@@H]3[C@@]2(C)CC1. The van der Waals surface area contributed by atoms with Gasteiger partial charge in [0, 0.05) is 0 Å². The van der Waals surface area contributed by atoms with Crippen LogP contribution in [0.2, 0.25) is 0 Å². The van der Waals surface area contributed by atoms with Gasteiger partial charge in [-0.25, -0.2) is 0 Å². The molecule has 0 aliphatic heterocycles. The van der Waals surface area contributed by atoms with Gasteiger partial charge in [-0.3, -0.25) is 0 Å². The topological polar surface area (TPSA) is 40.5 Å². The minimum absolute atomic E-state index is 0.180. The fourth-order valence-electron chi connectivity index (χ4n) is 9.06. The lowest BCUT2D eigenvalue weighted by Gasteiger charge is -2.57. The third-order valence-electron chi connectivity index (χ3n) is 11.7.